The molecule has 0 spiro atoms. The summed E-state index contributed by atoms with van der Waals surface area (Å²) >= 11 is 3.57. The molecule has 0 aromatic carbocycles. The smallest absolute Gasteiger partial charge is 0.115 e. The van der Waals surface area contributed by atoms with Crippen LogP contribution in [-0.2, 0) is 0 Å². The van der Waals surface area contributed by atoms with E-state index in [1.54, 1.807) is 0 Å². The van der Waals surface area contributed by atoms with E-state index in [-0.39, 0.29) is 0 Å². The second kappa shape index (κ2) is 4.50. The molecule has 0 amide bonds. The molecule has 0 atom stereocenters. The number of aromatic nitrogens is 3. The second-order valence-corrected chi connectivity index (χ2v) is 5.97. The molecule has 2 aromatic heterocycles. The van der Waals surface area contributed by atoms with E-state index in [2.05, 4.69) is 41.0 Å². The van der Waals surface area contributed by atoms with Gasteiger partial charge in [0.1, 0.15) is 11.4 Å². The maximum Gasteiger partial charge on any atom is 0.115 e. The fourth-order valence-corrected chi connectivity index (χ4v) is 2.55. The molecular weight excluding hydrogens is 290 g/mol. The molecule has 2 heterocycles. The Balaban J connectivity index is 2.13. The zero-order valence-electron chi connectivity index (χ0n) is 10.6. The molecule has 3 nitrogen and oxygen atoms in total. The highest BCUT2D eigenvalue weighted by atomic mass is 79.9. The zero-order chi connectivity index (χ0) is 12.7. The normalized spacial score (nSPS) is 15.3. The fraction of sp³-hybridized carbons (Fsp3) is 0.429. The summed E-state index contributed by atoms with van der Waals surface area (Å²) in [5, 5.41) is 4.73. The van der Waals surface area contributed by atoms with Crippen molar-refractivity contribution in [1.82, 2.24) is 14.8 Å². The largest absolute Gasteiger partial charge is 0.269 e. The maximum atomic E-state index is 4.73. The summed E-state index contributed by atoms with van der Waals surface area (Å²) in [6, 6.07) is 4.34. The van der Waals surface area contributed by atoms with Crippen LogP contribution >= 0.6 is 15.9 Å². The van der Waals surface area contributed by atoms with Crippen LogP contribution in [0.1, 0.15) is 44.2 Å². The van der Waals surface area contributed by atoms with Gasteiger partial charge < -0.3 is 0 Å². The lowest BCUT2D eigenvalue weighted by Crippen LogP contribution is -2.01. The van der Waals surface area contributed by atoms with Crippen LogP contribution in [0.4, 0.5) is 0 Å². The molecule has 2 aromatic rings. The molecule has 0 radical (unpaired) electrons. The number of pyridine rings is 1. The monoisotopic (exact) mass is 305 g/mol. The van der Waals surface area contributed by atoms with Crippen LogP contribution in [0.25, 0.3) is 11.4 Å². The molecule has 1 aliphatic rings. The summed E-state index contributed by atoms with van der Waals surface area (Å²) in [6.07, 6.45) is 6.58. The van der Waals surface area contributed by atoms with Gasteiger partial charge in [0, 0.05) is 28.5 Å². The third-order valence-electron chi connectivity index (χ3n) is 3.29. The lowest BCUT2D eigenvalue weighted by Gasteiger charge is -2.04. The van der Waals surface area contributed by atoms with E-state index >= 15 is 0 Å². The molecule has 0 unspecified atom stereocenters. The lowest BCUT2D eigenvalue weighted by atomic mass is 10.1. The minimum absolute atomic E-state index is 0.388. The summed E-state index contributed by atoms with van der Waals surface area (Å²) in [4.78, 5) is 4.47. The quantitative estimate of drug-likeness (QED) is 0.852. The molecule has 1 fully saturated rings. The van der Waals surface area contributed by atoms with Crippen molar-refractivity contribution >= 4 is 15.9 Å². The summed E-state index contributed by atoms with van der Waals surface area (Å²) < 4.78 is 3.06. The van der Waals surface area contributed by atoms with Crippen LogP contribution in [0.15, 0.2) is 29.0 Å². The highest BCUT2D eigenvalue weighted by Crippen LogP contribution is 2.44. The van der Waals surface area contributed by atoms with Crippen LogP contribution in [-0.4, -0.2) is 14.8 Å². The van der Waals surface area contributed by atoms with E-state index in [9.17, 15) is 0 Å². The van der Waals surface area contributed by atoms with E-state index in [1.165, 1.54) is 18.4 Å². The first-order valence-corrected chi connectivity index (χ1v) is 7.16. The van der Waals surface area contributed by atoms with E-state index in [0.717, 1.165) is 15.9 Å². The van der Waals surface area contributed by atoms with Gasteiger partial charge in [-0.2, -0.15) is 5.10 Å². The Bertz CT molecular complexity index is 570. The van der Waals surface area contributed by atoms with Crippen molar-refractivity contribution in [3.05, 3.63) is 34.6 Å². The number of nitrogens with zero attached hydrogens (tertiary/aromatic N) is 3. The van der Waals surface area contributed by atoms with Gasteiger partial charge in [-0.15, -0.1) is 0 Å². The topological polar surface area (TPSA) is 30.7 Å². The third-order valence-corrected chi connectivity index (χ3v) is 3.93. The molecule has 0 bridgehead atoms. The van der Waals surface area contributed by atoms with E-state index in [4.69, 9.17) is 5.10 Å². The van der Waals surface area contributed by atoms with Crippen molar-refractivity contribution in [1.29, 1.82) is 0 Å². The number of rotatable bonds is 3. The molecule has 0 aliphatic heterocycles. The first-order valence-electron chi connectivity index (χ1n) is 6.36. The number of halogens is 1. The number of hydrogen-bond donors (Lipinski definition) is 0. The predicted molar refractivity (Wildman–Crippen MR) is 75.5 cm³/mol. The summed E-state index contributed by atoms with van der Waals surface area (Å²) in [6.45, 7) is 4.31. The standard InChI is InChI=1S/C14H16BrN3/c1-9(2)18-8-11(10-5-6-10)13(17-18)14-12(15)4-3-7-16-14/h3-4,7-10H,5-6H2,1-2H3. The van der Waals surface area contributed by atoms with Crippen LogP contribution in [0.3, 0.4) is 0 Å². The van der Waals surface area contributed by atoms with Gasteiger partial charge in [0.25, 0.3) is 0 Å². The van der Waals surface area contributed by atoms with Gasteiger partial charge in [-0.3, -0.25) is 9.67 Å². The van der Waals surface area contributed by atoms with Gasteiger partial charge in [0.2, 0.25) is 0 Å². The van der Waals surface area contributed by atoms with Gasteiger partial charge in [0.15, 0.2) is 0 Å². The molecule has 0 N–H and O–H groups in total. The Kier molecular flexibility index (Phi) is 2.98. The minimum Gasteiger partial charge on any atom is -0.269 e. The van der Waals surface area contributed by atoms with Crippen molar-refractivity contribution in [3.8, 4) is 11.4 Å². The van der Waals surface area contributed by atoms with Crippen LogP contribution in [0, 0.1) is 0 Å². The molecule has 4 heteroatoms. The first kappa shape index (κ1) is 11.9. The van der Waals surface area contributed by atoms with E-state index in [0.29, 0.717) is 12.0 Å². The average molecular weight is 306 g/mol. The van der Waals surface area contributed by atoms with E-state index in [1.807, 2.05) is 23.0 Å². The van der Waals surface area contributed by atoms with Gasteiger partial charge in [-0.05, 0) is 60.7 Å². The molecule has 1 aliphatic carbocycles. The van der Waals surface area contributed by atoms with Crippen LogP contribution in [0.2, 0.25) is 0 Å². The molecule has 3 rings (SSSR count). The highest BCUT2D eigenvalue weighted by molar-refractivity contribution is 9.10. The third kappa shape index (κ3) is 2.09. The predicted octanol–water partition coefficient (Wildman–Crippen LogP) is 4.17. The first-order chi connectivity index (χ1) is 8.66. The SMILES string of the molecule is CC(C)n1cc(C2CC2)c(-c2ncccc2Br)n1. The summed E-state index contributed by atoms with van der Waals surface area (Å²) in [5.41, 5.74) is 3.35. The minimum atomic E-state index is 0.388. The van der Waals surface area contributed by atoms with Gasteiger partial charge in [0.05, 0.1) is 0 Å². The Morgan fingerprint density at radius 2 is 2.11 bits per heavy atom. The van der Waals surface area contributed by atoms with Crippen molar-refractivity contribution in [2.24, 2.45) is 0 Å². The van der Waals surface area contributed by atoms with Gasteiger partial charge in [-0.25, -0.2) is 0 Å². The Morgan fingerprint density at radius 1 is 1.33 bits per heavy atom. The molecule has 94 valence electrons. The summed E-state index contributed by atoms with van der Waals surface area (Å²) in [7, 11) is 0. The highest BCUT2D eigenvalue weighted by Gasteiger charge is 2.30. The van der Waals surface area contributed by atoms with Crippen molar-refractivity contribution in [3.63, 3.8) is 0 Å². The average Bonchev–Trinajstić information content (AvgIpc) is 3.09. The zero-order valence-corrected chi connectivity index (χ0v) is 12.2. The maximum absolute atomic E-state index is 4.73. The molecule has 1 saturated carbocycles. The molecule has 0 saturated heterocycles. The van der Waals surface area contributed by atoms with Crippen LogP contribution < -0.4 is 0 Å². The van der Waals surface area contributed by atoms with Crippen molar-refractivity contribution in [2.75, 3.05) is 0 Å². The second-order valence-electron chi connectivity index (χ2n) is 5.11. The Labute approximate surface area is 115 Å². The van der Waals surface area contributed by atoms with Gasteiger partial charge in [-0.1, -0.05) is 0 Å². The van der Waals surface area contributed by atoms with Crippen molar-refractivity contribution < 1.29 is 0 Å². The van der Waals surface area contributed by atoms with Crippen LogP contribution in [0.5, 0.6) is 0 Å². The Morgan fingerprint density at radius 3 is 2.72 bits per heavy atom. The molecule has 18 heavy (non-hydrogen) atoms. The summed E-state index contributed by atoms with van der Waals surface area (Å²) in [5.74, 6) is 0.682. The fourth-order valence-electron chi connectivity index (χ4n) is 2.11. The lowest BCUT2D eigenvalue weighted by molar-refractivity contribution is 0.533. The molecular formula is C14H16BrN3. The van der Waals surface area contributed by atoms with Crippen molar-refractivity contribution in [2.45, 2.75) is 38.6 Å². The van der Waals surface area contributed by atoms with E-state index < -0.39 is 0 Å². The van der Waals surface area contributed by atoms with Gasteiger partial charge >= 0.3 is 0 Å². The Hall–Kier alpha value is -1.16. The number of hydrogen-bond acceptors (Lipinski definition) is 2.